The van der Waals surface area contributed by atoms with Crippen LogP contribution in [-0.2, 0) is 0 Å². The van der Waals surface area contributed by atoms with Crippen LogP contribution in [0.2, 0.25) is 0 Å². The van der Waals surface area contributed by atoms with E-state index in [1.54, 1.807) is 0 Å². The zero-order valence-corrected chi connectivity index (χ0v) is 9.85. The standard InChI is InChI=1S/C10H16N4OS/c11-8-7(9(12)15)10(16-14-8)13-5-4-6-2-1-3-6/h6,13H,1-5H2,(H2,11,14)(H2,12,15). The number of rotatable bonds is 5. The van der Waals surface area contributed by atoms with E-state index in [2.05, 4.69) is 9.69 Å². The first-order valence-electron chi connectivity index (χ1n) is 5.47. The number of anilines is 2. The summed E-state index contributed by atoms with van der Waals surface area (Å²) in [6, 6.07) is 0. The van der Waals surface area contributed by atoms with Crippen LogP contribution in [0.25, 0.3) is 0 Å². The molecule has 2 rings (SSSR count). The summed E-state index contributed by atoms with van der Waals surface area (Å²) < 4.78 is 3.93. The number of primary amides is 1. The molecule has 16 heavy (non-hydrogen) atoms. The van der Waals surface area contributed by atoms with E-state index in [-0.39, 0.29) is 5.82 Å². The second kappa shape index (κ2) is 4.69. The fraction of sp³-hybridized carbons (Fsp3) is 0.600. The molecule has 88 valence electrons. The van der Waals surface area contributed by atoms with Crippen molar-refractivity contribution in [2.45, 2.75) is 25.7 Å². The summed E-state index contributed by atoms with van der Waals surface area (Å²) in [7, 11) is 0. The SMILES string of the molecule is NC(=O)c1c(N)nsc1NCCC1CCC1. The number of amides is 1. The molecule has 0 atom stereocenters. The van der Waals surface area contributed by atoms with E-state index < -0.39 is 5.91 Å². The van der Waals surface area contributed by atoms with Gasteiger partial charge in [0.25, 0.3) is 5.91 Å². The highest BCUT2D eigenvalue weighted by Gasteiger charge is 2.19. The number of hydrogen-bond acceptors (Lipinski definition) is 5. The highest BCUT2D eigenvalue weighted by atomic mass is 32.1. The van der Waals surface area contributed by atoms with Gasteiger partial charge in [-0.25, -0.2) is 0 Å². The van der Waals surface area contributed by atoms with Crippen molar-refractivity contribution in [3.63, 3.8) is 0 Å². The topological polar surface area (TPSA) is 94.0 Å². The van der Waals surface area contributed by atoms with Gasteiger partial charge in [0.05, 0.1) is 0 Å². The van der Waals surface area contributed by atoms with Crippen molar-refractivity contribution in [3.05, 3.63) is 5.56 Å². The van der Waals surface area contributed by atoms with E-state index in [4.69, 9.17) is 11.5 Å². The highest BCUT2D eigenvalue weighted by Crippen LogP contribution is 2.30. The van der Waals surface area contributed by atoms with Gasteiger partial charge in [-0.05, 0) is 23.9 Å². The maximum absolute atomic E-state index is 11.1. The molecule has 0 spiro atoms. The second-order valence-corrected chi connectivity index (χ2v) is 4.92. The summed E-state index contributed by atoms with van der Waals surface area (Å²) in [6.07, 6.45) is 5.14. The third kappa shape index (κ3) is 2.27. The summed E-state index contributed by atoms with van der Waals surface area (Å²) in [5.74, 6) is 0.552. The van der Waals surface area contributed by atoms with Crippen LogP contribution in [0.1, 0.15) is 36.0 Å². The maximum Gasteiger partial charge on any atom is 0.255 e. The lowest BCUT2D eigenvalue weighted by Crippen LogP contribution is -2.18. The zero-order chi connectivity index (χ0) is 11.5. The summed E-state index contributed by atoms with van der Waals surface area (Å²) in [5, 5.41) is 3.89. The average molecular weight is 240 g/mol. The van der Waals surface area contributed by atoms with Crippen LogP contribution in [-0.4, -0.2) is 16.8 Å². The number of carbonyl (C=O) groups is 1. The zero-order valence-electron chi connectivity index (χ0n) is 9.03. The van der Waals surface area contributed by atoms with Gasteiger partial charge in [-0.1, -0.05) is 19.3 Å². The lowest BCUT2D eigenvalue weighted by atomic mass is 9.83. The Morgan fingerprint density at radius 2 is 2.31 bits per heavy atom. The van der Waals surface area contributed by atoms with Crippen molar-refractivity contribution in [2.75, 3.05) is 17.6 Å². The monoisotopic (exact) mass is 240 g/mol. The Bertz CT molecular complexity index is 386. The number of nitrogens with zero attached hydrogens (tertiary/aromatic N) is 1. The van der Waals surface area contributed by atoms with E-state index in [1.807, 2.05) is 0 Å². The van der Waals surface area contributed by atoms with Gasteiger partial charge in [0, 0.05) is 6.54 Å². The fourth-order valence-corrected chi connectivity index (χ4v) is 2.58. The molecule has 1 aromatic rings. The molecule has 1 heterocycles. The molecule has 0 radical (unpaired) electrons. The molecule has 0 aromatic carbocycles. The molecular weight excluding hydrogens is 224 g/mol. The Morgan fingerprint density at radius 3 is 2.88 bits per heavy atom. The van der Waals surface area contributed by atoms with Crippen LogP contribution < -0.4 is 16.8 Å². The smallest absolute Gasteiger partial charge is 0.255 e. The van der Waals surface area contributed by atoms with Crippen LogP contribution in [0.15, 0.2) is 0 Å². The van der Waals surface area contributed by atoms with E-state index in [0.29, 0.717) is 10.6 Å². The lowest BCUT2D eigenvalue weighted by molar-refractivity contribution is 0.100. The molecule has 1 aromatic heterocycles. The van der Waals surface area contributed by atoms with Crippen LogP contribution in [0.5, 0.6) is 0 Å². The first-order valence-corrected chi connectivity index (χ1v) is 6.24. The predicted octanol–water partition coefficient (Wildman–Crippen LogP) is 1.43. The number of aromatic nitrogens is 1. The molecule has 5 nitrogen and oxygen atoms in total. The highest BCUT2D eigenvalue weighted by molar-refractivity contribution is 7.11. The normalized spacial score (nSPS) is 15.8. The number of carbonyl (C=O) groups excluding carboxylic acids is 1. The lowest BCUT2D eigenvalue weighted by Gasteiger charge is -2.25. The van der Waals surface area contributed by atoms with E-state index in [9.17, 15) is 4.79 Å². The molecular formula is C10H16N4OS. The first-order chi connectivity index (χ1) is 7.68. The molecule has 0 bridgehead atoms. The van der Waals surface area contributed by atoms with Gasteiger partial charge >= 0.3 is 0 Å². The van der Waals surface area contributed by atoms with Crippen LogP contribution >= 0.6 is 11.5 Å². The summed E-state index contributed by atoms with van der Waals surface area (Å²) in [4.78, 5) is 11.1. The van der Waals surface area contributed by atoms with Gasteiger partial charge in [0.1, 0.15) is 10.6 Å². The van der Waals surface area contributed by atoms with Gasteiger partial charge < -0.3 is 16.8 Å². The minimum Gasteiger partial charge on any atom is -0.382 e. The Morgan fingerprint density at radius 1 is 1.56 bits per heavy atom. The molecule has 1 aliphatic rings. The van der Waals surface area contributed by atoms with Crippen LogP contribution in [0, 0.1) is 5.92 Å². The number of nitrogens with two attached hydrogens (primary N) is 2. The van der Waals surface area contributed by atoms with E-state index >= 15 is 0 Å². The minimum atomic E-state index is -0.516. The largest absolute Gasteiger partial charge is 0.382 e. The van der Waals surface area contributed by atoms with E-state index in [0.717, 1.165) is 18.9 Å². The van der Waals surface area contributed by atoms with Crippen molar-refractivity contribution < 1.29 is 4.79 Å². The molecule has 5 N–H and O–H groups in total. The maximum atomic E-state index is 11.1. The third-order valence-corrected chi connectivity index (χ3v) is 3.85. The second-order valence-electron chi connectivity index (χ2n) is 4.15. The Hall–Kier alpha value is -1.30. The molecule has 0 unspecified atom stereocenters. The summed E-state index contributed by atoms with van der Waals surface area (Å²) >= 11 is 1.19. The van der Waals surface area contributed by atoms with Crippen molar-refractivity contribution in [3.8, 4) is 0 Å². The molecule has 1 amide bonds. The van der Waals surface area contributed by atoms with Crippen LogP contribution in [0.3, 0.4) is 0 Å². The van der Waals surface area contributed by atoms with E-state index in [1.165, 1.54) is 30.8 Å². The number of nitrogens with one attached hydrogen (secondary N) is 1. The van der Waals surface area contributed by atoms with Crippen molar-refractivity contribution >= 4 is 28.3 Å². The number of nitrogen functional groups attached to an aromatic ring is 1. The minimum absolute atomic E-state index is 0.226. The molecule has 1 fully saturated rings. The van der Waals surface area contributed by atoms with Gasteiger partial charge in [0.2, 0.25) is 0 Å². The Kier molecular flexibility index (Phi) is 3.28. The summed E-state index contributed by atoms with van der Waals surface area (Å²) in [5.41, 5.74) is 11.1. The van der Waals surface area contributed by atoms with Gasteiger partial charge in [0.15, 0.2) is 5.82 Å². The van der Waals surface area contributed by atoms with Gasteiger partial charge in [-0.15, -0.1) is 0 Å². The third-order valence-electron chi connectivity index (χ3n) is 3.03. The van der Waals surface area contributed by atoms with Crippen molar-refractivity contribution in [1.82, 2.24) is 4.37 Å². The van der Waals surface area contributed by atoms with Gasteiger partial charge in [-0.3, -0.25) is 4.79 Å². The average Bonchev–Trinajstić information content (AvgIpc) is 2.51. The van der Waals surface area contributed by atoms with Crippen molar-refractivity contribution in [1.29, 1.82) is 0 Å². The molecule has 1 aliphatic carbocycles. The van der Waals surface area contributed by atoms with Crippen LogP contribution in [0.4, 0.5) is 10.8 Å². The number of hydrogen-bond donors (Lipinski definition) is 3. The molecule has 6 heteroatoms. The van der Waals surface area contributed by atoms with Crippen molar-refractivity contribution in [2.24, 2.45) is 11.7 Å². The quantitative estimate of drug-likeness (QED) is 0.725. The molecule has 0 saturated heterocycles. The summed E-state index contributed by atoms with van der Waals surface area (Å²) in [6.45, 7) is 0.854. The molecule has 0 aliphatic heterocycles. The first kappa shape index (κ1) is 11.2. The van der Waals surface area contributed by atoms with Gasteiger partial charge in [-0.2, -0.15) is 4.37 Å². The molecule has 1 saturated carbocycles. The Labute approximate surface area is 98.4 Å². The predicted molar refractivity (Wildman–Crippen MR) is 65.5 cm³/mol. The Balaban J connectivity index is 1.90. The fourth-order valence-electron chi connectivity index (χ4n) is 1.83.